The maximum atomic E-state index is 6.17. The molecule has 4 nitrogen and oxygen atoms in total. The summed E-state index contributed by atoms with van der Waals surface area (Å²) in [5, 5.41) is 0. The molecule has 1 unspecified atom stereocenters. The van der Waals surface area contributed by atoms with E-state index in [9.17, 15) is 0 Å². The first-order valence-corrected chi connectivity index (χ1v) is 7.10. The lowest BCUT2D eigenvalue weighted by Gasteiger charge is -2.39. The van der Waals surface area contributed by atoms with Gasteiger partial charge in [0.1, 0.15) is 5.52 Å². The van der Waals surface area contributed by atoms with E-state index in [4.69, 9.17) is 5.73 Å². The highest BCUT2D eigenvalue weighted by atomic mass is 15.2. The standard InChI is InChI=1S/C15H22N4/c1-10-7-8-11-13(17-10)19(14(16)18-11)12-6-4-5-9-15(12,2)3/h7-8,12H,4-6,9H2,1-3H3,(H2,16,18). The Labute approximate surface area is 114 Å². The zero-order chi connectivity index (χ0) is 13.6. The lowest BCUT2D eigenvalue weighted by molar-refractivity contribution is 0.149. The number of hydrogen-bond donors (Lipinski definition) is 1. The molecule has 2 heterocycles. The minimum atomic E-state index is 0.255. The lowest BCUT2D eigenvalue weighted by atomic mass is 9.73. The molecule has 1 aliphatic carbocycles. The summed E-state index contributed by atoms with van der Waals surface area (Å²) in [6.07, 6.45) is 4.97. The van der Waals surface area contributed by atoms with E-state index in [1.54, 1.807) is 0 Å². The fourth-order valence-corrected chi connectivity index (χ4v) is 3.35. The average Bonchev–Trinajstić information content (AvgIpc) is 2.65. The van der Waals surface area contributed by atoms with Crippen LogP contribution in [0.25, 0.3) is 11.2 Å². The van der Waals surface area contributed by atoms with Crippen molar-refractivity contribution in [2.75, 3.05) is 5.73 Å². The first kappa shape index (κ1) is 12.5. The maximum absolute atomic E-state index is 6.17. The van der Waals surface area contributed by atoms with E-state index in [-0.39, 0.29) is 5.41 Å². The molecule has 0 spiro atoms. The number of fused-ring (bicyclic) bond motifs is 1. The van der Waals surface area contributed by atoms with Crippen molar-refractivity contribution in [2.24, 2.45) is 5.41 Å². The highest BCUT2D eigenvalue weighted by molar-refractivity contribution is 5.74. The summed E-state index contributed by atoms with van der Waals surface area (Å²) in [6, 6.07) is 4.41. The van der Waals surface area contributed by atoms with Crippen LogP contribution in [-0.2, 0) is 0 Å². The molecule has 1 fully saturated rings. The van der Waals surface area contributed by atoms with Gasteiger partial charge < -0.3 is 5.73 Å². The van der Waals surface area contributed by atoms with Crippen LogP contribution >= 0.6 is 0 Å². The number of aromatic nitrogens is 3. The number of hydrogen-bond acceptors (Lipinski definition) is 3. The average molecular weight is 258 g/mol. The Hall–Kier alpha value is -1.58. The molecule has 2 N–H and O–H groups in total. The Balaban J connectivity index is 2.18. The van der Waals surface area contributed by atoms with Crippen LogP contribution in [0.15, 0.2) is 12.1 Å². The second-order valence-electron chi connectivity index (χ2n) is 6.39. The Morgan fingerprint density at radius 1 is 1.26 bits per heavy atom. The van der Waals surface area contributed by atoms with Gasteiger partial charge in [0, 0.05) is 11.7 Å². The molecule has 0 radical (unpaired) electrons. The molecule has 1 saturated carbocycles. The predicted octanol–water partition coefficient (Wildman–Crippen LogP) is 3.46. The van der Waals surface area contributed by atoms with E-state index in [0.29, 0.717) is 12.0 Å². The Bertz CT molecular complexity index is 612. The lowest BCUT2D eigenvalue weighted by Crippen LogP contribution is -2.31. The number of pyridine rings is 1. The number of anilines is 1. The smallest absolute Gasteiger partial charge is 0.202 e. The van der Waals surface area contributed by atoms with E-state index < -0.39 is 0 Å². The van der Waals surface area contributed by atoms with Crippen molar-refractivity contribution in [2.45, 2.75) is 52.5 Å². The molecule has 0 amide bonds. The Kier molecular flexibility index (Phi) is 2.77. The van der Waals surface area contributed by atoms with Crippen molar-refractivity contribution < 1.29 is 0 Å². The highest BCUT2D eigenvalue weighted by Crippen LogP contribution is 2.45. The number of nitrogens with zero attached hydrogens (tertiary/aromatic N) is 3. The minimum absolute atomic E-state index is 0.255. The van der Waals surface area contributed by atoms with Crippen LogP contribution in [0.5, 0.6) is 0 Å². The topological polar surface area (TPSA) is 56.7 Å². The normalized spacial score (nSPS) is 22.8. The van der Waals surface area contributed by atoms with Gasteiger partial charge in [-0.15, -0.1) is 0 Å². The van der Waals surface area contributed by atoms with Gasteiger partial charge in [0.25, 0.3) is 0 Å². The summed E-state index contributed by atoms with van der Waals surface area (Å²) in [6.45, 7) is 6.68. The first-order chi connectivity index (χ1) is 8.99. The van der Waals surface area contributed by atoms with Gasteiger partial charge in [-0.3, -0.25) is 4.57 Å². The van der Waals surface area contributed by atoms with Crippen molar-refractivity contribution in [3.63, 3.8) is 0 Å². The highest BCUT2D eigenvalue weighted by Gasteiger charge is 2.35. The molecule has 102 valence electrons. The molecule has 3 rings (SSSR count). The molecule has 2 aromatic heterocycles. The molecule has 0 aromatic carbocycles. The van der Waals surface area contributed by atoms with Crippen LogP contribution in [0.3, 0.4) is 0 Å². The number of nitrogens with two attached hydrogens (primary N) is 1. The largest absolute Gasteiger partial charge is 0.369 e. The molecule has 0 bridgehead atoms. The Morgan fingerprint density at radius 3 is 2.79 bits per heavy atom. The molecule has 1 aliphatic rings. The summed E-state index contributed by atoms with van der Waals surface area (Å²) >= 11 is 0. The third-order valence-electron chi connectivity index (χ3n) is 4.47. The predicted molar refractivity (Wildman–Crippen MR) is 78.0 cm³/mol. The van der Waals surface area contributed by atoms with Gasteiger partial charge >= 0.3 is 0 Å². The molecule has 0 aliphatic heterocycles. The quantitative estimate of drug-likeness (QED) is 0.852. The molecular formula is C15H22N4. The van der Waals surface area contributed by atoms with Gasteiger partial charge in [-0.2, -0.15) is 0 Å². The van der Waals surface area contributed by atoms with E-state index in [1.165, 1.54) is 19.3 Å². The second-order valence-corrected chi connectivity index (χ2v) is 6.39. The number of nitrogen functional groups attached to an aromatic ring is 1. The van der Waals surface area contributed by atoms with Crippen LogP contribution < -0.4 is 5.73 Å². The Morgan fingerprint density at radius 2 is 2.05 bits per heavy atom. The van der Waals surface area contributed by atoms with Crippen molar-refractivity contribution >= 4 is 17.1 Å². The molecule has 2 aromatic rings. The minimum Gasteiger partial charge on any atom is -0.369 e. The maximum Gasteiger partial charge on any atom is 0.202 e. The van der Waals surface area contributed by atoms with Crippen LogP contribution in [0.1, 0.15) is 51.3 Å². The summed E-state index contributed by atoms with van der Waals surface area (Å²) in [4.78, 5) is 9.13. The van der Waals surface area contributed by atoms with Crippen molar-refractivity contribution in [3.05, 3.63) is 17.8 Å². The van der Waals surface area contributed by atoms with Crippen molar-refractivity contribution in [1.29, 1.82) is 0 Å². The monoisotopic (exact) mass is 258 g/mol. The SMILES string of the molecule is Cc1ccc2nc(N)n(C3CCCCC3(C)C)c2n1. The van der Waals surface area contributed by atoms with Gasteiger partial charge in [0.15, 0.2) is 5.65 Å². The van der Waals surface area contributed by atoms with Crippen LogP contribution in [-0.4, -0.2) is 14.5 Å². The third kappa shape index (κ3) is 1.99. The van der Waals surface area contributed by atoms with Gasteiger partial charge in [0.05, 0.1) is 0 Å². The zero-order valence-corrected chi connectivity index (χ0v) is 12.0. The van der Waals surface area contributed by atoms with Crippen molar-refractivity contribution in [3.8, 4) is 0 Å². The van der Waals surface area contributed by atoms with E-state index in [2.05, 4.69) is 28.4 Å². The first-order valence-electron chi connectivity index (χ1n) is 7.10. The number of aryl methyl sites for hydroxylation is 1. The molecule has 0 saturated heterocycles. The molecule has 4 heteroatoms. The van der Waals surface area contributed by atoms with Gasteiger partial charge in [-0.25, -0.2) is 9.97 Å². The summed E-state index contributed by atoms with van der Waals surface area (Å²) in [5.41, 5.74) is 9.29. The molecule has 19 heavy (non-hydrogen) atoms. The summed E-state index contributed by atoms with van der Waals surface area (Å²) < 4.78 is 2.17. The van der Waals surface area contributed by atoms with Gasteiger partial charge in [-0.1, -0.05) is 26.7 Å². The van der Waals surface area contributed by atoms with Crippen LogP contribution in [0.2, 0.25) is 0 Å². The van der Waals surface area contributed by atoms with E-state index in [0.717, 1.165) is 23.3 Å². The molecule has 1 atom stereocenters. The van der Waals surface area contributed by atoms with Crippen LogP contribution in [0.4, 0.5) is 5.95 Å². The van der Waals surface area contributed by atoms with Gasteiger partial charge in [0.2, 0.25) is 5.95 Å². The fourth-order valence-electron chi connectivity index (χ4n) is 3.35. The molecular weight excluding hydrogens is 236 g/mol. The number of rotatable bonds is 1. The second kappa shape index (κ2) is 4.22. The third-order valence-corrected chi connectivity index (χ3v) is 4.47. The van der Waals surface area contributed by atoms with Crippen LogP contribution in [0, 0.1) is 12.3 Å². The fraction of sp³-hybridized carbons (Fsp3) is 0.600. The van der Waals surface area contributed by atoms with E-state index in [1.807, 2.05) is 19.1 Å². The zero-order valence-electron chi connectivity index (χ0n) is 12.0. The summed E-state index contributed by atoms with van der Waals surface area (Å²) in [5.74, 6) is 0.605. The number of imidazole rings is 1. The summed E-state index contributed by atoms with van der Waals surface area (Å²) in [7, 11) is 0. The van der Waals surface area contributed by atoms with Crippen molar-refractivity contribution in [1.82, 2.24) is 14.5 Å². The van der Waals surface area contributed by atoms with E-state index >= 15 is 0 Å². The van der Waals surface area contributed by atoms with Gasteiger partial charge in [-0.05, 0) is 37.3 Å².